The average Bonchev–Trinajstić information content (AvgIpc) is 2.18. The summed E-state index contributed by atoms with van der Waals surface area (Å²) in [5.74, 6) is 1.30. The minimum Gasteiger partial charge on any atom is -0.387 e. The summed E-state index contributed by atoms with van der Waals surface area (Å²) in [7, 11) is 0. The van der Waals surface area contributed by atoms with E-state index in [1.165, 1.54) is 11.1 Å². The summed E-state index contributed by atoms with van der Waals surface area (Å²) in [6.45, 7) is 7.21. The van der Waals surface area contributed by atoms with E-state index in [4.69, 9.17) is 5.73 Å². The number of nitrogens with two attached hydrogens (primary N) is 1. The van der Waals surface area contributed by atoms with Gasteiger partial charge in [0.2, 0.25) is 0 Å². The molecule has 0 heterocycles. The second-order valence-corrected chi connectivity index (χ2v) is 4.33. The van der Waals surface area contributed by atoms with Gasteiger partial charge in [-0.15, -0.1) is 0 Å². The summed E-state index contributed by atoms with van der Waals surface area (Å²) < 4.78 is 0. The van der Waals surface area contributed by atoms with Crippen LogP contribution >= 0.6 is 0 Å². The Morgan fingerprint density at radius 1 is 1.33 bits per heavy atom. The van der Waals surface area contributed by atoms with Gasteiger partial charge >= 0.3 is 0 Å². The van der Waals surface area contributed by atoms with Crippen LogP contribution in [-0.4, -0.2) is 12.4 Å². The van der Waals surface area contributed by atoms with Crippen LogP contribution in [0.2, 0.25) is 0 Å². The van der Waals surface area contributed by atoms with Crippen molar-refractivity contribution in [2.45, 2.75) is 27.2 Å². The molecule has 0 fully saturated rings. The van der Waals surface area contributed by atoms with E-state index in [-0.39, 0.29) is 0 Å². The highest BCUT2D eigenvalue weighted by Crippen LogP contribution is 2.07. The lowest BCUT2D eigenvalue weighted by atomic mass is 10.1. The number of nitrogens with zero attached hydrogens (tertiary/aromatic N) is 1. The number of rotatable bonds is 4. The van der Waals surface area contributed by atoms with Crippen LogP contribution in [0.25, 0.3) is 0 Å². The second-order valence-electron chi connectivity index (χ2n) is 4.33. The third-order valence-electron chi connectivity index (χ3n) is 2.29. The first kappa shape index (κ1) is 11.8. The Kier molecular flexibility index (Phi) is 4.35. The molecule has 0 atom stereocenters. The van der Waals surface area contributed by atoms with Crippen LogP contribution in [0.3, 0.4) is 0 Å². The molecular formula is C13H20N2. The van der Waals surface area contributed by atoms with Crippen LogP contribution in [0.1, 0.15) is 25.0 Å². The standard InChI is InChI=1S/C13H20N2/c1-10(2)9-15-13(14)8-12-7-5-4-6-11(12)3/h4-7,10H,8-9H2,1-3H3,(H2,14,15). The Morgan fingerprint density at radius 2 is 2.00 bits per heavy atom. The topological polar surface area (TPSA) is 38.4 Å². The van der Waals surface area contributed by atoms with Crippen LogP contribution in [0, 0.1) is 12.8 Å². The zero-order valence-electron chi connectivity index (χ0n) is 9.83. The van der Waals surface area contributed by atoms with Gasteiger partial charge in [0.15, 0.2) is 0 Å². The van der Waals surface area contributed by atoms with E-state index in [0.717, 1.165) is 18.8 Å². The predicted octanol–water partition coefficient (Wildman–Crippen LogP) is 2.55. The van der Waals surface area contributed by atoms with E-state index < -0.39 is 0 Å². The molecule has 2 N–H and O–H groups in total. The van der Waals surface area contributed by atoms with Gasteiger partial charge in [-0.2, -0.15) is 0 Å². The number of benzene rings is 1. The first-order valence-electron chi connectivity index (χ1n) is 5.43. The Labute approximate surface area is 92.2 Å². The van der Waals surface area contributed by atoms with E-state index in [0.29, 0.717) is 5.92 Å². The van der Waals surface area contributed by atoms with Crippen molar-refractivity contribution >= 4 is 5.84 Å². The van der Waals surface area contributed by atoms with Gasteiger partial charge in [0.25, 0.3) is 0 Å². The number of aliphatic imine (C=N–C) groups is 1. The molecule has 82 valence electrons. The minimum absolute atomic E-state index is 0.570. The summed E-state index contributed by atoms with van der Waals surface area (Å²) >= 11 is 0. The zero-order valence-corrected chi connectivity index (χ0v) is 9.83. The lowest BCUT2D eigenvalue weighted by Gasteiger charge is -2.06. The summed E-state index contributed by atoms with van der Waals surface area (Å²) in [6, 6.07) is 8.29. The van der Waals surface area contributed by atoms with Crippen molar-refractivity contribution in [1.82, 2.24) is 0 Å². The molecule has 0 amide bonds. The third-order valence-corrected chi connectivity index (χ3v) is 2.29. The first-order chi connectivity index (χ1) is 7.09. The fraction of sp³-hybridized carbons (Fsp3) is 0.462. The average molecular weight is 204 g/mol. The quantitative estimate of drug-likeness (QED) is 0.594. The molecule has 0 spiro atoms. The molecule has 0 aliphatic rings. The van der Waals surface area contributed by atoms with Gasteiger partial charge in [-0.3, -0.25) is 4.99 Å². The van der Waals surface area contributed by atoms with E-state index in [2.05, 4.69) is 37.9 Å². The van der Waals surface area contributed by atoms with E-state index in [9.17, 15) is 0 Å². The van der Waals surface area contributed by atoms with Gasteiger partial charge in [-0.05, 0) is 24.0 Å². The lowest BCUT2D eigenvalue weighted by Crippen LogP contribution is -2.17. The molecule has 15 heavy (non-hydrogen) atoms. The Hall–Kier alpha value is -1.31. The van der Waals surface area contributed by atoms with Crippen molar-refractivity contribution in [3.05, 3.63) is 35.4 Å². The van der Waals surface area contributed by atoms with Crippen molar-refractivity contribution in [2.75, 3.05) is 6.54 Å². The second kappa shape index (κ2) is 5.54. The number of hydrogen-bond acceptors (Lipinski definition) is 1. The molecule has 0 bridgehead atoms. The Bertz CT molecular complexity index is 340. The first-order valence-corrected chi connectivity index (χ1v) is 5.43. The predicted molar refractivity (Wildman–Crippen MR) is 66.2 cm³/mol. The van der Waals surface area contributed by atoms with Gasteiger partial charge in [0.05, 0.1) is 5.84 Å². The largest absolute Gasteiger partial charge is 0.387 e. The maximum Gasteiger partial charge on any atom is 0.0981 e. The van der Waals surface area contributed by atoms with Crippen LogP contribution in [-0.2, 0) is 6.42 Å². The van der Waals surface area contributed by atoms with Crippen LogP contribution in [0.5, 0.6) is 0 Å². The molecule has 1 rings (SSSR count). The smallest absolute Gasteiger partial charge is 0.0981 e. The van der Waals surface area contributed by atoms with Crippen LogP contribution in [0.15, 0.2) is 29.3 Å². The van der Waals surface area contributed by atoms with E-state index in [1.54, 1.807) is 0 Å². The van der Waals surface area contributed by atoms with Gasteiger partial charge in [-0.1, -0.05) is 38.1 Å². The summed E-state index contributed by atoms with van der Waals surface area (Å²) in [4.78, 5) is 4.35. The number of aryl methyl sites for hydroxylation is 1. The molecule has 0 aromatic heterocycles. The Balaban J connectivity index is 2.62. The highest BCUT2D eigenvalue weighted by atomic mass is 14.8. The fourth-order valence-corrected chi connectivity index (χ4v) is 1.36. The van der Waals surface area contributed by atoms with Crippen molar-refractivity contribution in [2.24, 2.45) is 16.6 Å². The molecule has 1 aromatic rings. The molecule has 0 saturated carbocycles. The van der Waals surface area contributed by atoms with Crippen molar-refractivity contribution in [1.29, 1.82) is 0 Å². The summed E-state index contributed by atoms with van der Waals surface area (Å²) in [5, 5.41) is 0. The van der Waals surface area contributed by atoms with Crippen LogP contribution < -0.4 is 5.73 Å². The van der Waals surface area contributed by atoms with Crippen molar-refractivity contribution in [3.63, 3.8) is 0 Å². The van der Waals surface area contributed by atoms with Gasteiger partial charge in [0, 0.05) is 13.0 Å². The molecule has 0 radical (unpaired) electrons. The highest BCUT2D eigenvalue weighted by molar-refractivity contribution is 5.82. The number of hydrogen-bond donors (Lipinski definition) is 1. The molecule has 2 heteroatoms. The zero-order chi connectivity index (χ0) is 11.3. The van der Waals surface area contributed by atoms with E-state index >= 15 is 0 Å². The van der Waals surface area contributed by atoms with Crippen molar-refractivity contribution in [3.8, 4) is 0 Å². The molecule has 2 nitrogen and oxygen atoms in total. The Morgan fingerprint density at radius 3 is 2.60 bits per heavy atom. The van der Waals surface area contributed by atoms with Gasteiger partial charge in [-0.25, -0.2) is 0 Å². The SMILES string of the molecule is Cc1ccccc1CC(N)=NCC(C)C. The van der Waals surface area contributed by atoms with Crippen LogP contribution in [0.4, 0.5) is 0 Å². The van der Waals surface area contributed by atoms with Gasteiger partial charge in [0.1, 0.15) is 0 Å². The van der Waals surface area contributed by atoms with Gasteiger partial charge < -0.3 is 5.73 Å². The lowest BCUT2D eigenvalue weighted by molar-refractivity contribution is 0.664. The molecule has 0 unspecified atom stereocenters. The highest BCUT2D eigenvalue weighted by Gasteiger charge is 2.00. The maximum absolute atomic E-state index is 5.87. The monoisotopic (exact) mass is 204 g/mol. The third kappa shape index (κ3) is 4.15. The fourth-order valence-electron chi connectivity index (χ4n) is 1.36. The molecule has 0 aliphatic carbocycles. The molecular weight excluding hydrogens is 184 g/mol. The van der Waals surface area contributed by atoms with Crippen molar-refractivity contribution < 1.29 is 0 Å². The normalized spacial score (nSPS) is 12.1. The molecule has 1 aromatic carbocycles. The molecule has 0 aliphatic heterocycles. The van der Waals surface area contributed by atoms with E-state index in [1.807, 2.05) is 12.1 Å². The summed E-state index contributed by atoms with van der Waals surface area (Å²) in [6.07, 6.45) is 0.763. The number of amidine groups is 1. The minimum atomic E-state index is 0.570. The summed E-state index contributed by atoms with van der Waals surface area (Å²) in [5.41, 5.74) is 8.42. The maximum atomic E-state index is 5.87. The molecule has 0 saturated heterocycles.